The van der Waals surface area contributed by atoms with Crippen LogP contribution in [0.1, 0.15) is 23.2 Å². The molecule has 26 heavy (non-hydrogen) atoms. The summed E-state index contributed by atoms with van der Waals surface area (Å²) in [6.45, 7) is 2.65. The SMILES string of the molecule is CCN(Cc1nc(-c2ccc(OC)cc2)no1)C(=O)c1ccc(Cl)cc1. The van der Waals surface area contributed by atoms with Gasteiger partial charge in [-0.2, -0.15) is 4.98 Å². The van der Waals surface area contributed by atoms with Crippen molar-refractivity contribution in [1.82, 2.24) is 15.0 Å². The lowest BCUT2D eigenvalue weighted by Gasteiger charge is -2.18. The summed E-state index contributed by atoms with van der Waals surface area (Å²) in [5, 5.41) is 4.58. The molecule has 0 radical (unpaired) electrons. The Balaban J connectivity index is 1.73. The Morgan fingerprint density at radius 3 is 2.46 bits per heavy atom. The van der Waals surface area contributed by atoms with Crippen LogP contribution in [0, 0.1) is 0 Å². The molecule has 0 fully saturated rings. The van der Waals surface area contributed by atoms with Gasteiger partial charge in [-0.05, 0) is 55.5 Å². The van der Waals surface area contributed by atoms with Gasteiger partial charge in [-0.25, -0.2) is 0 Å². The first kappa shape index (κ1) is 17.9. The first-order chi connectivity index (χ1) is 12.6. The molecule has 1 amide bonds. The summed E-state index contributed by atoms with van der Waals surface area (Å²) >= 11 is 5.87. The zero-order valence-electron chi connectivity index (χ0n) is 14.5. The van der Waals surface area contributed by atoms with E-state index in [2.05, 4.69) is 10.1 Å². The summed E-state index contributed by atoms with van der Waals surface area (Å²) in [6, 6.07) is 14.1. The lowest BCUT2D eigenvalue weighted by atomic mass is 10.2. The number of benzene rings is 2. The van der Waals surface area contributed by atoms with Crippen molar-refractivity contribution in [3.8, 4) is 17.1 Å². The molecule has 134 valence electrons. The topological polar surface area (TPSA) is 68.5 Å². The molecule has 1 aromatic heterocycles. The number of hydrogen-bond donors (Lipinski definition) is 0. The van der Waals surface area contributed by atoms with Gasteiger partial charge in [-0.1, -0.05) is 16.8 Å². The Morgan fingerprint density at radius 2 is 1.85 bits per heavy atom. The first-order valence-electron chi connectivity index (χ1n) is 8.12. The van der Waals surface area contributed by atoms with Gasteiger partial charge in [0.1, 0.15) is 12.3 Å². The van der Waals surface area contributed by atoms with Crippen molar-refractivity contribution in [3.05, 3.63) is 65.0 Å². The van der Waals surface area contributed by atoms with Gasteiger partial charge < -0.3 is 14.2 Å². The summed E-state index contributed by atoms with van der Waals surface area (Å²) in [4.78, 5) is 18.6. The second kappa shape index (κ2) is 8.01. The Labute approximate surface area is 156 Å². The van der Waals surface area contributed by atoms with Crippen LogP contribution in [0.5, 0.6) is 5.75 Å². The molecule has 7 heteroatoms. The molecule has 2 aromatic carbocycles. The lowest BCUT2D eigenvalue weighted by Crippen LogP contribution is -2.30. The van der Waals surface area contributed by atoms with Crippen LogP contribution >= 0.6 is 11.6 Å². The Kier molecular flexibility index (Phi) is 5.53. The molecular weight excluding hydrogens is 354 g/mol. The smallest absolute Gasteiger partial charge is 0.254 e. The highest BCUT2D eigenvalue weighted by Crippen LogP contribution is 2.20. The van der Waals surface area contributed by atoms with E-state index in [1.165, 1.54) is 0 Å². The van der Waals surface area contributed by atoms with Gasteiger partial charge in [-0.15, -0.1) is 0 Å². The third-order valence-corrected chi connectivity index (χ3v) is 4.15. The molecule has 0 atom stereocenters. The van der Waals surface area contributed by atoms with Gasteiger partial charge in [0, 0.05) is 22.7 Å². The quantitative estimate of drug-likeness (QED) is 0.653. The molecule has 1 heterocycles. The molecule has 3 rings (SSSR count). The Morgan fingerprint density at radius 1 is 1.15 bits per heavy atom. The molecule has 0 aliphatic carbocycles. The van der Waals surface area contributed by atoms with E-state index in [0.29, 0.717) is 28.8 Å². The van der Waals surface area contributed by atoms with Crippen molar-refractivity contribution < 1.29 is 14.1 Å². The number of amides is 1. The molecule has 0 saturated carbocycles. The molecule has 0 unspecified atom stereocenters. The van der Waals surface area contributed by atoms with E-state index in [1.54, 1.807) is 36.3 Å². The normalized spacial score (nSPS) is 10.6. The third-order valence-electron chi connectivity index (χ3n) is 3.90. The molecule has 0 aliphatic heterocycles. The van der Waals surface area contributed by atoms with Crippen LogP contribution < -0.4 is 4.74 Å². The highest BCUT2D eigenvalue weighted by Gasteiger charge is 2.18. The number of rotatable bonds is 6. The summed E-state index contributed by atoms with van der Waals surface area (Å²) in [7, 11) is 1.61. The molecule has 0 N–H and O–H groups in total. The third kappa shape index (κ3) is 4.03. The molecule has 3 aromatic rings. The number of nitrogens with zero attached hydrogens (tertiary/aromatic N) is 3. The zero-order valence-corrected chi connectivity index (χ0v) is 15.2. The van der Waals surface area contributed by atoms with Crippen molar-refractivity contribution in [2.24, 2.45) is 0 Å². The minimum Gasteiger partial charge on any atom is -0.497 e. The van der Waals surface area contributed by atoms with Crippen LogP contribution in [0.15, 0.2) is 53.1 Å². The fourth-order valence-corrected chi connectivity index (χ4v) is 2.57. The summed E-state index contributed by atoms with van der Waals surface area (Å²) < 4.78 is 10.4. The van der Waals surface area contributed by atoms with Crippen LogP contribution in [0.3, 0.4) is 0 Å². The predicted octanol–water partition coefficient (Wildman–Crippen LogP) is 4.06. The minimum atomic E-state index is -0.117. The monoisotopic (exact) mass is 371 g/mol. The average molecular weight is 372 g/mol. The van der Waals surface area contributed by atoms with Gasteiger partial charge in [0.15, 0.2) is 0 Å². The van der Waals surface area contributed by atoms with Crippen molar-refractivity contribution in [1.29, 1.82) is 0 Å². The highest BCUT2D eigenvalue weighted by molar-refractivity contribution is 6.30. The fourth-order valence-electron chi connectivity index (χ4n) is 2.44. The van der Waals surface area contributed by atoms with E-state index in [-0.39, 0.29) is 12.5 Å². The van der Waals surface area contributed by atoms with Crippen molar-refractivity contribution in [2.75, 3.05) is 13.7 Å². The molecular formula is C19H18ClN3O3. The lowest BCUT2D eigenvalue weighted by molar-refractivity contribution is 0.0734. The van der Waals surface area contributed by atoms with Crippen molar-refractivity contribution in [2.45, 2.75) is 13.5 Å². The van der Waals surface area contributed by atoms with Crippen molar-refractivity contribution in [3.63, 3.8) is 0 Å². The second-order valence-corrected chi connectivity index (χ2v) is 6.00. The maximum absolute atomic E-state index is 12.6. The van der Waals surface area contributed by atoms with E-state index in [9.17, 15) is 4.79 Å². The standard InChI is InChI=1S/C19H18ClN3O3/c1-3-23(19(24)14-4-8-15(20)9-5-14)12-17-21-18(22-26-17)13-6-10-16(25-2)11-7-13/h4-11H,3,12H2,1-2H3. The summed E-state index contributed by atoms with van der Waals surface area (Å²) in [6.07, 6.45) is 0. The van der Waals surface area contributed by atoms with Crippen molar-refractivity contribution >= 4 is 17.5 Å². The van der Waals surface area contributed by atoms with Gasteiger partial charge in [0.05, 0.1) is 7.11 Å². The second-order valence-electron chi connectivity index (χ2n) is 5.57. The molecule has 0 aliphatic rings. The van der Waals surface area contributed by atoms with Crippen LogP contribution in [-0.4, -0.2) is 34.6 Å². The predicted molar refractivity (Wildman–Crippen MR) is 98.2 cm³/mol. The number of carbonyl (C=O) groups is 1. The number of methoxy groups -OCH3 is 1. The zero-order chi connectivity index (χ0) is 18.5. The molecule has 0 bridgehead atoms. The van der Waals surface area contributed by atoms with E-state index in [0.717, 1.165) is 11.3 Å². The van der Waals surface area contributed by atoms with Crippen LogP contribution in [-0.2, 0) is 6.54 Å². The van der Waals surface area contributed by atoms with E-state index in [4.69, 9.17) is 20.9 Å². The Bertz CT molecular complexity index is 876. The maximum atomic E-state index is 12.6. The number of carbonyl (C=O) groups excluding carboxylic acids is 1. The summed E-state index contributed by atoms with van der Waals surface area (Å²) in [5.74, 6) is 1.48. The average Bonchev–Trinajstić information content (AvgIpc) is 3.15. The van der Waals surface area contributed by atoms with Gasteiger partial charge in [-0.3, -0.25) is 4.79 Å². The maximum Gasteiger partial charge on any atom is 0.254 e. The van der Waals surface area contributed by atoms with Crippen LogP contribution in [0.2, 0.25) is 5.02 Å². The number of aromatic nitrogens is 2. The summed E-state index contributed by atoms with van der Waals surface area (Å²) in [5.41, 5.74) is 1.37. The number of ether oxygens (including phenoxy) is 1. The van der Waals surface area contributed by atoms with Crippen LogP contribution in [0.25, 0.3) is 11.4 Å². The van der Waals surface area contributed by atoms with Crippen LogP contribution in [0.4, 0.5) is 0 Å². The first-order valence-corrected chi connectivity index (χ1v) is 8.50. The Hall–Kier alpha value is -2.86. The van der Waals surface area contributed by atoms with Gasteiger partial charge in [0.25, 0.3) is 5.91 Å². The fraction of sp³-hybridized carbons (Fsp3) is 0.211. The van der Waals surface area contributed by atoms with E-state index < -0.39 is 0 Å². The number of hydrogen-bond acceptors (Lipinski definition) is 5. The van der Waals surface area contributed by atoms with E-state index >= 15 is 0 Å². The molecule has 0 spiro atoms. The van der Waals surface area contributed by atoms with E-state index in [1.807, 2.05) is 31.2 Å². The molecule has 0 saturated heterocycles. The highest BCUT2D eigenvalue weighted by atomic mass is 35.5. The molecule has 6 nitrogen and oxygen atoms in total. The minimum absolute atomic E-state index is 0.117. The van der Waals surface area contributed by atoms with Gasteiger partial charge >= 0.3 is 0 Å². The largest absolute Gasteiger partial charge is 0.497 e. The number of halogens is 1. The van der Waals surface area contributed by atoms with Gasteiger partial charge in [0.2, 0.25) is 11.7 Å².